The Morgan fingerprint density at radius 2 is 2.03 bits per heavy atom. The van der Waals surface area contributed by atoms with Gasteiger partial charge in [-0.25, -0.2) is 9.37 Å². The minimum atomic E-state index is -0.374. The van der Waals surface area contributed by atoms with E-state index in [0.29, 0.717) is 36.6 Å². The SMILES string of the molecule is O=C(c1occc1-c1ccccc1)N1CC2CCC1CC2COc1ccc(F)cn1. The third kappa shape index (κ3) is 3.58. The Hall–Kier alpha value is -3.15. The fraction of sp³-hybridized carbons (Fsp3) is 0.333. The number of amides is 1. The van der Waals surface area contributed by atoms with Gasteiger partial charge in [0.15, 0.2) is 5.76 Å². The van der Waals surface area contributed by atoms with Crippen LogP contribution in [0.1, 0.15) is 29.8 Å². The topological polar surface area (TPSA) is 55.6 Å². The maximum Gasteiger partial charge on any atom is 0.290 e. The van der Waals surface area contributed by atoms with Crippen molar-refractivity contribution in [1.29, 1.82) is 0 Å². The molecule has 2 saturated heterocycles. The van der Waals surface area contributed by atoms with Crippen LogP contribution < -0.4 is 4.74 Å². The molecule has 3 atom stereocenters. The summed E-state index contributed by atoms with van der Waals surface area (Å²) in [7, 11) is 0. The van der Waals surface area contributed by atoms with Crippen LogP contribution in [0.5, 0.6) is 5.88 Å². The van der Waals surface area contributed by atoms with E-state index in [-0.39, 0.29) is 17.8 Å². The normalized spacial score (nSPS) is 22.8. The molecule has 4 heterocycles. The van der Waals surface area contributed by atoms with Gasteiger partial charge in [0, 0.05) is 24.2 Å². The van der Waals surface area contributed by atoms with Crippen molar-refractivity contribution in [3.05, 3.63) is 72.6 Å². The van der Waals surface area contributed by atoms with Gasteiger partial charge in [-0.1, -0.05) is 30.3 Å². The Morgan fingerprint density at radius 1 is 1.17 bits per heavy atom. The molecule has 6 rings (SSSR count). The van der Waals surface area contributed by atoms with E-state index in [1.807, 2.05) is 41.3 Å². The van der Waals surface area contributed by atoms with Gasteiger partial charge in [-0.3, -0.25) is 4.79 Å². The lowest BCUT2D eigenvalue weighted by Crippen LogP contribution is -2.55. The average Bonchev–Trinajstić information content (AvgIpc) is 3.29. The number of hydrogen-bond acceptors (Lipinski definition) is 4. The molecule has 0 spiro atoms. The smallest absolute Gasteiger partial charge is 0.290 e. The summed E-state index contributed by atoms with van der Waals surface area (Å²) in [6.45, 7) is 1.25. The molecule has 1 saturated carbocycles. The number of benzene rings is 1. The van der Waals surface area contributed by atoms with Gasteiger partial charge < -0.3 is 14.1 Å². The summed E-state index contributed by atoms with van der Waals surface area (Å²) in [5.41, 5.74) is 1.82. The number of ether oxygens (including phenoxy) is 1. The first-order valence-corrected chi connectivity index (χ1v) is 10.4. The number of rotatable bonds is 5. The van der Waals surface area contributed by atoms with Crippen LogP contribution in [0.4, 0.5) is 4.39 Å². The molecule has 3 fully saturated rings. The van der Waals surface area contributed by atoms with Crippen LogP contribution in [0.2, 0.25) is 0 Å². The minimum absolute atomic E-state index is 0.0341. The monoisotopic (exact) mass is 406 g/mol. The molecule has 3 aromatic rings. The number of furan rings is 1. The summed E-state index contributed by atoms with van der Waals surface area (Å²) in [5, 5.41) is 0. The van der Waals surface area contributed by atoms with E-state index >= 15 is 0 Å². The molecule has 2 aromatic heterocycles. The summed E-state index contributed by atoms with van der Waals surface area (Å²) in [6, 6.07) is 14.8. The summed E-state index contributed by atoms with van der Waals surface area (Å²) in [5.74, 6) is 1.19. The Morgan fingerprint density at radius 3 is 2.77 bits per heavy atom. The molecule has 0 N–H and O–H groups in total. The van der Waals surface area contributed by atoms with Crippen LogP contribution in [0.15, 0.2) is 65.4 Å². The lowest BCUT2D eigenvalue weighted by Gasteiger charge is -2.49. The van der Waals surface area contributed by atoms with Crippen LogP contribution in [0.25, 0.3) is 11.1 Å². The second-order valence-electron chi connectivity index (χ2n) is 8.10. The molecule has 1 aromatic carbocycles. The number of pyridine rings is 1. The molecular weight excluding hydrogens is 383 g/mol. The van der Waals surface area contributed by atoms with Crippen LogP contribution in [-0.2, 0) is 0 Å². The number of aromatic nitrogens is 1. The third-order valence-corrected chi connectivity index (χ3v) is 6.33. The highest BCUT2D eigenvalue weighted by atomic mass is 19.1. The van der Waals surface area contributed by atoms with Crippen molar-refractivity contribution in [2.75, 3.05) is 13.2 Å². The predicted octanol–water partition coefficient (Wildman–Crippen LogP) is 4.80. The molecule has 2 bridgehead atoms. The molecule has 5 nitrogen and oxygen atoms in total. The van der Waals surface area contributed by atoms with E-state index in [1.165, 1.54) is 6.07 Å². The van der Waals surface area contributed by atoms with Crippen molar-refractivity contribution in [1.82, 2.24) is 9.88 Å². The highest BCUT2D eigenvalue weighted by molar-refractivity contribution is 5.98. The molecular formula is C24H23FN2O3. The van der Waals surface area contributed by atoms with Gasteiger partial charge in [0.25, 0.3) is 5.91 Å². The Kier molecular flexibility index (Phi) is 4.99. The Bertz CT molecular complexity index is 1020. The quantitative estimate of drug-likeness (QED) is 0.611. The van der Waals surface area contributed by atoms with Gasteiger partial charge in [-0.15, -0.1) is 0 Å². The zero-order chi connectivity index (χ0) is 20.5. The van der Waals surface area contributed by atoms with Gasteiger partial charge in [0.2, 0.25) is 5.88 Å². The number of hydrogen-bond donors (Lipinski definition) is 0. The molecule has 1 amide bonds. The molecule has 30 heavy (non-hydrogen) atoms. The molecule has 2 aliphatic heterocycles. The first kappa shape index (κ1) is 18.9. The molecule has 3 unspecified atom stereocenters. The fourth-order valence-electron chi connectivity index (χ4n) is 4.77. The van der Waals surface area contributed by atoms with Gasteiger partial charge in [-0.05, 0) is 48.8 Å². The number of carbonyl (C=O) groups is 1. The largest absolute Gasteiger partial charge is 0.477 e. The number of carbonyl (C=O) groups excluding carboxylic acids is 1. The van der Waals surface area contributed by atoms with E-state index in [9.17, 15) is 9.18 Å². The summed E-state index contributed by atoms with van der Waals surface area (Å²) in [4.78, 5) is 19.3. The molecule has 0 radical (unpaired) electrons. The Labute approximate surface area is 174 Å². The van der Waals surface area contributed by atoms with Gasteiger partial charge >= 0.3 is 0 Å². The van der Waals surface area contributed by atoms with E-state index < -0.39 is 0 Å². The van der Waals surface area contributed by atoms with Crippen LogP contribution in [0.3, 0.4) is 0 Å². The van der Waals surface area contributed by atoms with Gasteiger partial charge in [0.1, 0.15) is 5.82 Å². The summed E-state index contributed by atoms with van der Waals surface area (Å²) >= 11 is 0. The minimum Gasteiger partial charge on any atom is -0.477 e. The third-order valence-electron chi connectivity index (χ3n) is 6.33. The van der Waals surface area contributed by atoms with E-state index in [2.05, 4.69) is 4.98 Å². The predicted molar refractivity (Wildman–Crippen MR) is 109 cm³/mol. The molecule has 3 aliphatic rings. The molecule has 6 heteroatoms. The van der Waals surface area contributed by atoms with Gasteiger partial charge in [-0.2, -0.15) is 0 Å². The Balaban J connectivity index is 1.27. The summed E-state index contributed by atoms with van der Waals surface area (Å²) in [6.07, 6.45) is 5.74. The average molecular weight is 406 g/mol. The number of piperidine rings is 2. The van der Waals surface area contributed by atoms with Crippen molar-refractivity contribution in [2.24, 2.45) is 11.8 Å². The van der Waals surface area contributed by atoms with Crippen molar-refractivity contribution < 1.29 is 18.3 Å². The molecule has 154 valence electrons. The second kappa shape index (κ2) is 7.94. The van der Waals surface area contributed by atoms with Gasteiger partial charge in [0.05, 0.1) is 19.1 Å². The van der Waals surface area contributed by atoms with Crippen LogP contribution >= 0.6 is 0 Å². The second-order valence-corrected chi connectivity index (χ2v) is 8.10. The summed E-state index contributed by atoms with van der Waals surface area (Å²) < 4.78 is 24.4. The lowest BCUT2D eigenvalue weighted by atomic mass is 9.72. The van der Waals surface area contributed by atoms with Crippen molar-refractivity contribution in [3.8, 4) is 17.0 Å². The van der Waals surface area contributed by atoms with Crippen LogP contribution in [0, 0.1) is 17.7 Å². The van der Waals surface area contributed by atoms with Crippen molar-refractivity contribution >= 4 is 5.91 Å². The van der Waals surface area contributed by atoms with E-state index in [1.54, 1.807) is 12.3 Å². The first-order chi connectivity index (χ1) is 14.7. The maximum absolute atomic E-state index is 13.3. The number of fused-ring (bicyclic) bond motifs is 3. The highest BCUT2D eigenvalue weighted by Gasteiger charge is 2.43. The lowest BCUT2D eigenvalue weighted by molar-refractivity contribution is -0.00634. The fourth-order valence-corrected chi connectivity index (χ4v) is 4.77. The number of nitrogens with zero attached hydrogens (tertiary/aromatic N) is 2. The molecule has 1 aliphatic carbocycles. The first-order valence-electron chi connectivity index (χ1n) is 10.4. The highest BCUT2D eigenvalue weighted by Crippen LogP contribution is 2.41. The zero-order valence-electron chi connectivity index (χ0n) is 16.5. The van der Waals surface area contributed by atoms with E-state index in [0.717, 1.165) is 36.6 Å². The van der Waals surface area contributed by atoms with Crippen molar-refractivity contribution in [2.45, 2.75) is 25.3 Å². The maximum atomic E-state index is 13.3. The van der Waals surface area contributed by atoms with Crippen molar-refractivity contribution in [3.63, 3.8) is 0 Å². The van der Waals surface area contributed by atoms with E-state index in [4.69, 9.17) is 9.15 Å². The zero-order valence-corrected chi connectivity index (χ0v) is 16.5. The number of halogens is 1. The van der Waals surface area contributed by atoms with Crippen LogP contribution in [-0.4, -0.2) is 35.0 Å². The standard InChI is InChI=1S/C24H23FN2O3/c25-19-7-9-22(26-13-19)30-15-18-12-20-8-6-17(18)14-27(20)24(28)23-21(10-11-29-23)16-4-2-1-3-5-16/h1-5,7,9-11,13,17-18,20H,6,8,12,14-15H2.